The third-order valence-electron chi connectivity index (χ3n) is 3.15. The lowest BCUT2D eigenvalue weighted by Gasteiger charge is -2.44. The molecule has 1 aliphatic rings. The minimum atomic E-state index is 0.273. The van der Waals surface area contributed by atoms with Crippen LogP contribution in [-0.4, -0.2) is 36.1 Å². The molecule has 0 aromatic carbocycles. The van der Waals surface area contributed by atoms with Crippen LogP contribution >= 0.6 is 15.9 Å². The summed E-state index contributed by atoms with van der Waals surface area (Å²) in [5.41, 5.74) is 0.273. The first-order chi connectivity index (χ1) is 6.47. The van der Waals surface area contributed by atoms with Crippen LogP contribution in [0.1, 0.15) is 27.2 Å². The van der Waals surface area contributed by atoms with E-state index < -0.39 is 0 Å². The lowest BCUT2D eigenvalue weighted by Crippen LogP contribution is -2.61. The van der Waals surface area contributed by atoms with Gasteiger partial charge in [0, 0.05) is 35.7 Å². The van der Waals surface area contributed by atoms with Gasteiger partial charge >= 0.3 is 0 Å². The van der Waals surface area contributed by atoms with Crippen LogP contribution in [0.5, 0.6) is 0 Å². The van der Waals surface area contributed by atoms with E-state index in [4.69, 9.17) is 0 Å². The molecular weight excluding hydrogens is 240 g/mol. The van der Waals surface area contributed by atoms with Crippen molar-refractivity contribution in [2.45, 2.75) is 38.8 Å². The van der Waals surface area contributed by atoms with Crippen LogP contribution in [0.3, 0.4) is 0 Å². The summed E-state index contributed by atoms with van der Waals surface area (Å²) in [6.45, 7) is 13.8. The highest BCUT2D eigenvalue weighted by Crippen LogP contribution is 2.20. The standard InChI is InChI=1S/C11H21BrN2/c1-5-11(4)8-14(7-9(2)12)10(3)6-13-11/h10,13H,2,5-8H2,1,3-4H3. The molecule has 2 nitrogen and oxygen atoms in total. The fraction of sp³-hybridized carbons (Fsp3) is 0.818. The molecule has 1 rings (SSSR count). The van der Waals surface area contributed by atoms with E-state index in [2.05, 4.69) is 53.5 Å². The molecule has 0 aromatic heterocycles. The number of halogens is 1. The van der Waals surface area contributed by atoms with Gasteiger partial charge in [-0.05, 0) is 20.3 Å². The van der Waals surface area contributed by atoms with Crippen LogP contribution in [0.25, 0.3) is 0 Å². The molecule has 0 amide bonds. The van der Waals surface area contributed by atoms with Gasteiger partial charge in [0.2, 0.25) is 0 Å². The highest BCUT2D eigenvalue weighted by molar-refractivity contribution is 9.11. The summed E-state index contributed by atoms with van der Waals surface area (Å²) in [5, 5.41) is 3.61. The first kappa shape index (κ1) is 12.2. The van der Waals surface area contributed by atoms with E-state index in [0.29, 0.717) is 6.04 Å². The normalized spacial score (nSPS) is 34.4. The maximum atomic E-state index is 3.91. The largest absolute Gasteiger partial charge is 0.309 e. The molecule has 3 heteroatoms. The minimum Gasteiger partial charge on any atom is -0.309 e. The van der Waals surface area contributed by atoms with Crippen molar-refractivity contribution in [3.63, 3.8) is 0 Å². The Morgan fingerprint density at radius 1 is 1.71 bits per heavy atom. The zero-order valence-corrected chi connectivity index (χ0v) is 11.0. The van der Waals surface area contributed by atoms with E-state index in [1.54, 1.807) is 0 Å². The molecule has 0 aromatic rings. The molecule has 0 bridgehead atoms. The number of rotatable bonds is 3. The van der Waals surface area contributed by atoms with Gasteiger partial charge in [0.1, 0.15) is 0 Å². The monoisotopic (exact) mass is 260 g/mol. The molecule has 1 saturated heterocycles. The predicted octanol–water partition coefficient (Wildman–Crippen LogP) is 2.36. The van der Waals surface area contributed by atoms with E-state index in [1.165, 1.54) is 6.42 Å². The molecule has 1 fully saturated rings. The Morgan fingerprint density at radius 2 is 2.36 bits per heavy atom. The quantitative estimate of drug-likeness (QED) is 0.839. The minimum absolute atomic E-state index is 0.273. The number of hydrogen-bond donors (Lipinski definition) is 1. The van der Waals surface area contributed by atoms with Crippen LogP contribution in [0.4, 0.5) is 0 Å². The molecule has 0 aliphatic carbocycles. The number of piperazine rings is 1. The maximum Gasteiger partial charge on any atom is 0.0298 e. The fourth-order valence-corrected chi connectivity index (χ4v) is 2.17. The van der Waals surface area contributed by atoms with Gasteiger partial charge in [0.05, 0.1) is 0 Å². The predicted molar refractivity (Wildman–Crippen MR) is 65.8 cm³/mol. The van der Waals surface area contributed by atoms with Crippen molar-refractivity contribution < 1.29 is 0 Å². The highest BCUT2D eigenvalue weighted by Gasteiger charge is 2.32. The first-order valence-electron chi connectivity index (χ1n) is 5.29. The zero-order chi connectivity index (χ0) is 10.8. The average Bonchev–Trinajstić information content (AvgIpc) is 2.11. The molecule has 2 unspecified atom stereocenters. The van der Waals surface area contributed by atoms with E-state index in [0.717, 1.165) is 24.1 Å². The van der Waals surface area contributed by atoms with E-state index >= 15 is 0 Å². The topological polar surface area (TPSA) is 15.3 Å². The second-order valence-electron chi connectivity index (χ2n) is 4.57. The van der Waals surface area contributed by atoms with E-state index in [1.807, 2.05) is 0 Å². The maximum absolute atomic E-state index is 3.91. The van der Waals surface area contributed by atoms with Crippen molar-refractivity contribution in [2.75, 3.05) is 19.6 Å². The van der Waals surface area contributed by atoms with Crippen molar-refractivity contribution in [2.24, 2.45) is 0 Å². The van der Waals surface area contributed by atoms with E-state index in [9.17, 15) is 0 Å². The van der Waals surface area contributed by atoms with E-state index in [-0.39, 0.29) is 5.54 Å². The zero-order valence-electron chi connectivity index (χ0n) is 9.44. The Labute approximate surface area is 95.9 Å². The van der Waals surface area contributed by atoms with Gasteiger partial charge in [0.25, 0.3) is 0 Å². The van der Waals surface area contributed by atoms with Gasteiger partial charge < -0.3 is 5.32 Å². The third-order valence-corrected chi connectivity index (χ3v) is 3.41. The van der Waals surface area contributed by atoms with Gasteiger partial charge in [-0.1, -0.05) is 29.4 Å². The number of hydrogen-bond acceptors (Lipinski definition) is 2. The number of nitrogens with one attached hydrogen (secondary N) is 1. The summed E-state index contributed by atoms with van der Waals surface area (Å²) in [5.74, 6) is 0. The van der Waals surface area contributed by atoms with Gasteiger partial charge in [-0.3, -0.25) is 4.90 Å². The Kier molecular flexibility index (Phi) is 4.16. The van der Waals surface area contributed by atoms with Crippen LogP contribution in [0, 0.1) is 0 Å². The summed E-state index contributed by atoms with van der Waals surface area (Å²) in [4.78, 5) is 2.48. The second kappa shape index (κ2) is 4.77. The van der Waals surface area contributed by atoms with Crippen LogP contribution in [0.15, 0.2) is 11.1 Å². The van der Waals surface area contributed by atoms with Crippen LogP contribution in [0.2, 0.25) is 0 Å². The highest BCUT2D eigenvalue weighted by atomic mass is 79.9. The Morgan fingerprint density at radius 3 is 2.86 bits per heavy atom. The first-order valence-corrected chi connectivity index (χ1v) is 6.08. The summed E-state index contributed by atoms with van der Waals surface area (Å²) in [7, 11) is 0. The SMILES string of the molecule is C=C(Br)CN1CC(C)(CC)NCC1C. The lowest BCUT2D eigenvalue weighted by atomic mass is 9.94. The molecule has 0 spiro atoms. The van der Waals surface area contributed by atoms with Crippen molar-refractivity contribution in [1.29, 1.82) is 0 Å². The average molecular weight is 261 g/mol. The second-order valence-corrected chi connectivity index (χ2v) is 5.69. The molecule has 1 N–H and O–H groups in total. The van der Waals surface area contributed by atoms with Crippen molar-refractivity contribution in [3.8, 4) is 0 Å². The molecule has 2 atom stereocenters. The Hall–Kier alpha value is 0.140. The van der Waals surface area contributed by atoms with Crippen LogP contribution in [-0.2, 0) is 0 Å². The molecule has 1 heterocycles. The van der Waals surface area contributed by atoms with Crippen molar-refractivity contribution >= 4 is 15.9 Å². The number of nitrogens with zero attached hydrogens (tertiary/aromatic N) is 1. The molecule has 0 radical (unpaired) electrons. The van der Waals surface area contributed by atoms with Gasteiger partial charge in [-0.15, -0.1) is 0 Å². The van der Waals surface area contributed by atoms with Crippen molar-refractivity contribution in [1.82, 2.24) is 10.2 Å². The Balaban J connectivity index is 2.59. The van der Waals surface area contributed by atoms with Gasteiger partial charge in [-0.25, -0.2) is 0 Å². The van der Waals surface area contributed by atoms with Crippen LogP contribution < -0.4 is 5.32 Å². The Bertz CT molecular complexity index is 217. The molecular formula is C11H21BrN2. The van der Waals surface area contributed by atoms with Gasteiger partial charge in [-0.2, -0.15) is 0 Å². The molecule has 82 valence electrons. The molecule has 14 heavy (non-hydrogen) atoms. The summed E-state index contributed by atoms with van der Waals surface area (Å²) in [6.07, 6.45) is 1.17. The fourth-order valence-electron chi connectivity index (χ4n) is 1.85. The summed E-state index contributed by atoms with van der Waals surface area (Å²) >= 11 is 3.44. The smallest absolute Gasteiger partial charge is 0.0298 e. The summed E-state index contributed by atoms with van der Waals surface area (Å²) in [6, 6.07) is 0.601. The molecule has 1 aliphatic heterocycles. The lowest BCUT2D eigenvalue weighted by molar-refractivity contribution is 0.104. The third kappa shape index (κ3) is 3.07. The van der Waals surface area contributed by atoms with Gasteiger partial charge in [0.15, 0.2) is 0 Å². The molecule has 0 saturated carbocycles. The summed E-state index contributed by atoms with van der Waals surface area (Å²) < 4.78 is 1.07. The van der Waals surface area contributed by atoms with Crippen molar-refractivity contribution in [3.05, 3.63) is 11.1 Å².